The summed E-state index contributed by atoms with van der Waals surface area (Å²) < 4.78 is 7.95. The van der Waals surface area contributed by atoms with Gasteiger partial charge in [-0.3, -0.25) is 14.2 Å². The Balaban J connectivity index is 2.17. The number of fused-ring (bicyclic) bond motifs is 1. The highest BCUT2D eigenvalue weighted by Crippen LogP contribution is 2.18. The summed E-state index contributed by atoms with van der Waals surface area (Å²) in [7, 11) is 3.00. The first-order valence-electron chi connectivity index (χ1n) is 6.61. The Morgan fingerprint density at radius 3 is 2.82 bits per heavy atom. The Morgan fingerprint density at radius 2 is 2.14 bits per heavy atom. The molecule has 3 rings (SSSR count). The summed E-state index contributed by atoms with van der Waals surface area (Å²) in [6.45, 7) is 1.78. The Labute approximate surface area is 125 Å². The number of hydrogen-bond donors (Lipinski definition) is 0. The molecule has 0 saturated carbocycles. The van der Waals surface area contributed by atoms with Crippen molar-refractivity contribution in [2.75, 3.05) is 7.11 Å². The minimum atomic E-state index is -0.490. The summed E-state index contributed by atoms with van der Waals surface area (Å²) in [4.78, 5) is 31.9. The first-order chi connectivity index (χ1) is 10.5. The summed E-state index contributed by atoms with van der Waals surface area (Å²) in [6, 6.07) is 3.32. The molecule has 0 atom stereocenters. The van der Waals surface area contributed by atoms with E-state index in [1.54, 1.807) is 37.0 Å². The van der Waals surface area contributed by atoms with Crippen molar-refractivity contribution < 1.29 is 9.53 Å². The molecule has 0 aliphatic heterocycles. The van der Waals surface area contributed by atoms with Gasteiger partial charge in [-0.25, -0.2) is 9.78 Å². The number of aryl methyl sites for hydroxylation is 2. The molecule has 3 aromatic rings. The van der Waals surface area contributed by atoms with E-state index in [9.17, 15) is 9.59 Å². The van der Waals surface area contributed by atoms with Crippen LogP contribution in [0.3, 0.4) is 0 Å². The van der Waals surface area contributed by atoms with Gasteiger partial charge in [-0.2, -0.15) is 0 Å². The summed E-state index contributed by atoms with van der Waals surface area (Å²) in [5.74, 6) is -0.490. The molecule has 0 fully saturated rings. The van der Waals surface area contributed by atoms with Crippen molar-refractivity contribution in [3.05, 3.63) is 52.5 Å². The van der Waals surface area contributed by atoms with Crippen molar-refractivity contribution in [2.45, 2.75) is 6.92 Å². The van der Waals surface area contributed by atoms with Gasteiger partial charge < -0.3 is 9.30 Å². The quantitative estimate of drug-likeness (QED) is 0.664. The number of methoxy groups -OCH3 is 1. The van der Waals surface area contributed by atoms with Gasteiger partial charge >= 0.3 is 5.97 Å². The number of pyridine rings is 1. The standard InChI is InChI=1S/C15H14N4O3/c1-9-14(15(21)22-3)17-12-7-16-11(8-19(9)12)10-4-5-18(2)13(20)6-10/h4-8H,1-3H3. The van der Waals surface area contributed by atoms with Crippen LogP contribution in [0.5, 0.6) is 0 Å². The minimum absolute atomic E-state index is 0.114. The Bertz CT molecular complexity index is 940. The Hall–Kier alpha value is -2.96. The number of carbonyl (C=O) groups is 1. The number of rotatable bonds is 2. The normalized spacial score (nSPS) is 10.9. The van der Waals surface area contributed by atoms with Crippen LogP contribution in [0, 0.1) is 6.92 Å². The van der Waals surface area contributed by atoms with Crippen molar-refractivity contribution in [1.29, 1.82) is 0 Å². The van der Waals surface area contributed by atoms with Crippen LogP contribution in [0.1, 0.15) is 16.2 Å². The van der Waals surface area contributed by atoms with Crippen LogP contribution in [-0.4, -0.2) is 32.0 Å². The van der Waals surface area contributed by atoms with Crippen LogP contribution in [0.2, 0.25) is 0 Å². The average molecular weight is 298 g/mol. The van der Waals surface area contributed by atoms with Crippen LogP contribution >= 0.6 is 0 Å². The van der Waals surface area contributed by atoms with E-state index in [4.69, 9.17) is 4.74 Å². The van der Waals surface area contributed by atoms with Gasteiger partial charge in [0.05, 0.1) is 24.7 Å². The molecular weight excluding hydrogens is 284 g/mol. The van der Waals surface area contributed by atoms with Gasteiger partial charge in [-0.1, -0.05) is 0 Å². The predicted octanol–water partition coefficient (Wildman–Crippen LogP) is 1.19. The van der Waals surface area contributed by atoms with Gasteiger partial charge in [-0.15, -0.1) is 0 Å². The fourth-order valence-corrected chi connectivity index (χ4v) is 2.22. The Kier molecular flexibility index (Phi) is 3.25. The zero-order valence-corrected chi connectivity index (χ0v) is 12.4. The maximum Gasteiger partial charge on any atom is 0.358 e. The van der Waals surface area contributed by atoms with Crippen LogP contribution in [0.4, 0.5) is 0 Å². The molecular formula is C15H14N4O3. The molecule has 112 valence electrons. The SMILES string of the molecule is COC(=O)c1nc2cnc(-c3ccn(C)c(=O)c3)cn2c1C. The van der Waals surface area contributed by atoms with Crippen molar-refractivity contribution in [2.24, 2.45) is 7.05 Å². The third-order valence-electron chi connectivity index (χ3n) is 3.53. The smallest absolute Gasteiger partial charge is 0.358 e. The van der Waals surface area contributed by atoms with E-state index < -0.39 is 5.97 Å². The summed E-state index contributed by atoms with van der Waals surface area (Å²) in [6.07, 6.45) is 5.00. The largest absolute Gasteiger partial charge is 0.464 e. The molecule has 3 heterocycles. The monoisotopic (exact) mass is 298 g/mol. The van der Waals surface area contributed by atoms with Crippen molar-refractivity contribution in [3.63, 3.8) is 0 Å². The van der Waals surface area contributed by atoms with Crippen molar-refractivity contribution >= 4 is 11.6 Å². The number of nitrogens with zero attached hydrogens (tertiary/aromatic N) is 4. The van der Waals surface area contributed by atoms with Gasteiger partial charge in [0.1, 0.15) is 0 Å². The Morgan fingerprint density at radius 1 is 1.36 bits per heavy atom. The molecule has 0 spiro atoms. The highest BCUT2D eigenvalue weighted by Gasteiger charge is 2.17. The fraction of sp³-hybridized carbons (Fsp3) is 0.200. The van der Waals surface area contributed by atoms with E-state index in [2.05, 4.69) is 9.97 Å². The van der Waals surface area contributed by atoms with Gasteiger partial charge in [0.25, 0.3) is 5.56 Å². The maximum absolute atomic E-state index is 11.7. The van der Waals surface area contributed by atoms with E-state index in [1.807, 2.05) is 6.07 Å². The number of aromatic nitrogens is 4. The van der Waals surface area contributed by atoms with Gasteiger partial charge in [-0.05, 0) is 13.0 Å². The molecule has 3 aromatic heterocycles. The van der Waals surface area contributed by atoms with E-state index in [0.717, 1.165) is 0 Å². The third kappa shape index (κ3) is 2.16. The highest BCUT2D eigenvalue weighted by atomic mass is 16.5. The second kappa shape index (κ2) is 5.10. The zero-order valence-electron chi connectivity index (χ0n) is 12.4. The second-order valence-corrected chi connectivity index (χ2v) is 4.90. The van der Waals surface area contributed by atoms with Crippen LogP contribution in [0.15, 0.2) is 35.5 Å². The fourth-order valence-electron chi connectivity index (χ4n) is 2.22. The number of esters is 1. The maximum atomic E-state index is 11.7. The molecule has 0 aromatic carbocycles. The summed E-state index contributed by atoms with van der Waals surface area (Å²) >= 11 is 0. The van der Waals surface area contributed by atoms with E-state index in [1.165, 1.54) is 17.7 Å². The van der Waals surface area contributed by atoms with E-state index >= 15 is 0 Å². The predicted molar refractivity (Wildman–Crippen MR) is 79.7 cm³/mol. The first kappa shape index (κ1) is 14.0. The molecule has 0 amide bonds. The lowest BCUT2D eigenvalue weighted by atomic mass is 10.2. The summed E-state index contributed by atoms with van der Waals surface area (Å²) in [5, 5.41) is 0. The lowest BCUT2D eigenvalue weighted by molar-refractivity contribution is 0.0594. The molecule has 7 nitrogen and oxygen atoms in total. The van der Waals surface area contributed by atoms with Crippen LogP contribution in [-0.2, 0) is 11.8 Å². The molecule has 22 heavy (non-hydrogen) atoms. The van der Waals surface area contributed by atoms with Crippen LogP contribution in [0.25, 0.3) is 16.9 Å². The number of carbonyl (C=O) groups excluding carboxylic acids is 1. The highest BCUT2D eigenvalue weighted by molar-refractivity contribution is 5.89. The molecule has 0 saturated heterocycles. The average Bonchev–Trinajstić information content (AvgIpc) is 2.86. The van der Waals surface area contributed by atoms with Crippen LogP contribution < -0.4 is 5.56 Å². The number of ether oxygens (including phenoxy) is 1. The van der Waals surface area contributed by atoms with E-state index in [-0.39, 0.29) is 11.3 Å². The number of imidazole rings is 1. The third-order valence-corrected chi connectivity index (χ3v) is 3.53. The van der Waals surface area contributed by atoms with Crippen molar-refractivity contribution in [1.82, 2.24) is 18.9 Å². The topological polar surface area (TPSA) is 78.5 Å². The second-order valence-electron chi connectivity index (χ2n) is 4.90. The molecule has 0 bridgehead atoms. The molecule has 0 unspecified atom stereocenters. The van der Waals surface area contributed by atoms with Gasteiger partial charge in [0.2, 0.25) is 0 Å². The molecule has 0 aliphatic rings. The molecule has 7 heteroatoms. The number of hydrogen-bond acceptors (Lipinski definition) is 5. The lowest BCUT2D eigenvalue weighted by Gasteiger charge is -2.04. The molecule has 0 N–H and O–H groups in total. The van der Waals surface area contributed by atoms with Crippen molar-refractivity contribution in [3.8, 4) is 11.3 Å². The first-order valence-corrected chi connectivity index (χ1v) is 6.61. The minimum Gasteiger partial charge on any atom is -0.464 e. The molecule has 0 radical (unpaired) electrons. The summed E-state index contributed by atoms with van der Waals surface area (Å²) in [5.41, 5.74) is 2.68. The lowest BCUT2D eigenvalue weighted by Crippen LogP contribution is -2.14. The van der Waals surface area contributed by atoms with Gasteiger partial charge in [0, 0.05) is 31.1 Å². The molecule has 0 aliphatic carbocycles. The van der Waals surface area contributed by atoms with Gasteiger partial charge in [0.15, 0.2) is 11.3 Å². The zero-order chi connectivity index (χ0) is 15.9. The van der Waals surface area contributed by atoms with E-state index in [0.29, 0.717) is 22.6 Å².